The summed E-state index contributed by atoms with van der Waals surface area (Å²) in [5.74, 6) is 1.28. The van der Waals surface area contributed by atoms with Crippen LogP contribution in [0.2, 0.25) is 0 Å². The molecule has 0 aliphatic carbocycles. The molecule has 3 rings (SSSR count). The molecule has 0 radical (unpaired) electrons. The van der Waals surface area contributed by atoms with Crippen LogP contribution in [-0.2, 0) is 6.42 Å². The molecular weight excluding hydrogens is 258 g/mol. The molecular formula is C14H13N3OS. The first-order chi connectivity index (χ1) is 9.26. The van der Waals surface area contributed by atoms with E-state index >= 15 is 0 Å². The Hall–Kier alpha value is -2.01. The van der Waals surface area contributed by atoms with Gasteiger partial charge < -0.3 is 4.74 Å². The topological polar surface area (TPSA) is 47.9 Å². The highest BCUT2D eigenvalue weighted by atomic mass is 32.1. The van der Waals surface area contributed by atoms with Crippen molar-refractivity contribution in [2.45, 2.75) is 20.3 Å². The van der Waals surface area contributed by atoms with Crippen LogP contribution in [0.25, 0.3) is 10.2 Å². The average Bonchev–Trinajstić information content (AvgIpc) is 2.85. The number of ether oxygens (including phenoxy) is 1. The fourth-order valence-corrected chi connectivity index (χ4v) is 2.69. The van der Waals surface area contributed by atoms with Gasteiger partial charge in [0.1, 0.15) is 16.9 Å². The van der Waals surface area contributed by atoms with Crippen LogP contribution in [0.3, 0.4) is 0 Å². The van der Waals surface area contributed by atoms with Crippen LogP contribution in [0.5, 0.6) is 11.6 Å². The summed E-state index contributed by atoms with van der Waals surface area (Å²) in [6.07, 6.45) is 4.23. The molecule has 4 nitrogen and oxygen atoms in total. The summed E-state index contributed by atoms with van der Waals surface area (Å²) in [7, 11) is 0. The van der Waals surface area contributed by atoms with Crippen molar-refractivity contribution in [3.8, 4) is 11.6 Å². The van der Waals surface area contributed by atoms with E-state index in [1.807, 2.05) is 19.1 Å². The second kappa shape index (κ2) is 4.93. The summed E-state index contributed by atoms with van der Waals surface area (Å²) in [5.41, 5.74) is 0.962. The Labute approximate surface area is 115 Å². The Balaban J connectivity index is 2.00. The Kier molecular flexibility index (Phi) is 3.13. The van der Waals surface area contributed by atoms with Crippen molar-refractivity contribution >= 4 is 21.6 Å². The van der Waals surface area contributed by atoms with Crippen LogP contribution in [0.4, 0.5) is 0 Å². The van der Waals surface area contributed by atoms with Gasteiger partial charge in [0.2, 0.25) is 5.88 Å². The number of hydrogen-bond donors (Lipinski definition) is 0. The summed E-state index contributed by atoms with van der Waals surface area (Å²) in [5, 5.41) is 0.963. The Morgan fingerprint density at radius 3 is 2.84 bits per heavy atom. The van der Waals surface area contributed by atoms with Crippen LogP contribution in [0.15, 0.2) is 30.7 Å². The van der Waals surface area contributed by atoms with Gasteiger partial charge in [-0.05, 0) is 31.5 Å². The first-order valence-corrected chi connectivity index (χ1v) is 6.92. The van der Waals surface area contributed by atoms with E-state index in [1.54, 1.807) is 17.5 Å². The summed E-state index contributed by atoms with van der Waals surface area (Å²) in [6, 6.07) is 5.90. The second-order valence-electron chi connectivity index (χ2n) is 4.20. The van der Waals surface area contributed by atoms with E-state index in [-0.39, 0.29) is 0 Å². The lowest BCUT2D eigenvalue weighted by molar-refractivity contribution is 0.466. The molecule has 0 aromatic carbocycles. The molecule has 0 saturated carbocycles. The zero-order valence-electron chi connectivity index (χ0n) is 10.8. The fraction of sp³-hybridized carbons (Fsp3) is 0.214. The molecule has 0 saturated heterocycles. The molecule has 0 bridgehead atoms. The molecule has 0 aliphatic rings. The van der Waals surface area contributed by atoms with Gasteiger partial charge in [-0.25, -0.2) is 9.97 Å². The third-order valence-electron chi connectivity index (χ3n) is 2.79. The Morgan fingerprint density at radius 1 is 1.21 bits per heavy atom. The summed E-state index contributed by atoms with van der Waals surface area (Å²) < 4.78 is 5.80. The zero-order valence-corrected chi connectivity index (χ0v) is 11.6. The Morgan fingerprint density at radius 2 is 2.11 bits per heavy atom. The van der Waals surface area contributed by atoms with E-state index in [0.717, 1.165) is 22.3 Å². The van der Waals surface area contributed by atoms with E-state index in [0.29, 0.717) is 11.6 Å². The quantitative estimate of drug-likeness (QED) is 0.728. The number of thiophene rings is 1. The van der Waals surface area contributed by atoms with Gasteiger partial charge >= 0.3 is 0 Å². The maximum absolute atomic E-state index is 5.80. The number of nitrogens with zero attached hydrogens (tertiary/aromatic N) is 3. The van der Waals surface area contributed by atoms with E-state index in [9.17, 15) is 0 Å². The van der Waals surface area contributed by atoms with Crippen molar-refractivity contribution in [1.82, 2.24) is 15.0 Å². The van der Waals surface area contributed by atoms with Crippen molar-refractivity contribution in [2.24, 2.45) is 0 Å². The maximum Gasteiger partial charge on any atom is 0.231 e. The molecule has 3 aromatic heterocycles. The molecule has 0 aliphatic heterocycles. The van der Waals surface area contributed by atoms with E-state index in [4.69, 9.17) is 4.74 Å². The van der Waals surface area contributed by atoms with Gasteiger partial charge in [0.25, 0.3) is 0 Å². The monoisotopic (exact) mass is 271 g/mol. The molecule has 0 N–H and O–H groups in total. The normalized spacial score (nSPS) is 10.8. The number of aryl methyl sites for hydroxylation is 2. The largest absolute Gasteiger partial charge is 0.437 e. The minimum atomic E-state index is 0.589. The summed E-state index contributed by atoms with van der Waals surface area (Å²) in [4.78, 5) is 14.9. The zero-order chi connectivity index (χ0) is 13.2. The molecule has 3 aromatic rings. The van der Waals surface area contributed by atoms with Crippen LogP contribution >= 0.6 is 11.3 Å². The minimum absolute atomic E-state index is 0.589. The number of rotatable bonds is 3. The molecule has 0 amide bonds. The molecule has 19 heavy (non-hydrogen) atoms. The maximum atomic E-state index is 5.80. The highest BCUT2D eigenvalue weighted by Gasteiger charge is 2.09. The Bertz CT molecular complexity index is 706. The average molecular weight is 271 g/mol. The van der Waals surface area contributed by atoms with E-state index in [2.05, 4.69) is 27.9 Å². The van der Waals surface area contributed by atoms with Crippen LogP contribution in [-0.4, -0.2) is 15.0 Å². The van der Waals surface area contributed by atoms with Gasteiger partial charge in [-0.2, -0.15) is 0 Å². The summed E-state index contributed by atoms with van der Waals surface area (Å²) >= 11 is 1.68. The first kappa shape index (κ1) is 12.0. The molecule has 0 atom stereocenters. The number of fused-ring (bicyclic) bond motifs is 1. The van der Waals surface area contributed by atoms with Crippen molar-refractivity contribution in [1.29, 1.82) is 0 Å². The fourth-order valence-electron chi connectivity index (χ4n) is 1.77. The highest BCUT2D eigenvalue weighted by molar-refractivity contribution is 7.18. The van der Waals surface area contributed by atoms with E-state index < -0.39 is 0 Å². The third-order valence-corrected chi connectivity index (χ3v) is 3.98. The smallest absolute Gasteiger partial charge is 0.231 e. The SMILES string of the molecule is CCc1cc2c(Oc3ccc(C)nc3)ncnc2s1. The first-order valence-electron chi connectivity index (χ1n) is 6.10. The van der Waals surface area contributed by atoms with Crippen LogP contribution in [0, 0.1) is 6.92 Å². The molecule has 0 spiro atoms. The molecule has 5 heteroatoms. The van der Waals surface area contributed by atoms with Gasteiger partial charge in [-0.1, -0.05) is 6.92 Å². The van der Waals surface area contributed by atoms with Gasteiger partial charge in [0.05, 0.1) is 11.6 Å². The lowest BCUT2D eigenvalue weighted by atomic mass is 10.3. The highest BCUT2D eigenvalue weighted by Crippen LogP contribution is 2.32. The lowest BCUT2D eigenvalue weighted by Crippen LogP contribution is -1.90. The van der Waals surface area contributed by atoms with Gasteiger partial charge in [0, 0.05) is 10.6 Å². The van der Waals surface area contributed by atoms with Crippen molar-refractivity contribution in [3.05, 3.63) is 41.3 Å². The second-order valence-corrected chi connectivity index (χ2v) is 5.32. The minimum Gasteiger partial charge on any atom is -0.437 e. The third kappa shape index (κ3) is 2.42. The van der Waals surface area contributed by atoms with E-state index in [1.165, 1.54) is 11.2 Å². The number of pyridine rings is 1. The van der Waals surface area contributed by atoms with Crippen LogP contribution in [0.1, 0.15) is 17.5 Å². The van der Waals surface area contributed by atoms with Gasteiger partial charge in [0.15, 0.2) is 0 Å². The standard InChI is InChI=1S/C14H13N3OS/c1-3-11-6-12-13(16-8-17-14(12)19-11)18-10-5-4-9(2)15-7-10/h4-8H,3H2,1-2H3. The predicted molar refractivity (Wildman–Crippen MR) is 75.8 cm³/mol. The van der Waals surface area contributed by atoms with Crippen molar-refractivity contribution in [3.63, 3.8) is 0 Å². The van der Waals surface area contributed by atoms with Gasteiger partial charge in [-0.15, -0.1) is 11.3 Å². The molecule has 0 fully saturated rings. The van der Waals surface area contributed by atoms with Crippen molar-refractivity contribution in [2.75, 3.05) is 0 Å². The lowest BCUT2D eigenvalue weighted by Gasteiger charge is -2.04. The number of aromatic nitrogens is 3. The molecule has 3 heterocycles. The molecule has 96 valence electrons. The van der Waals surface area contributed by atoms with Crippen LogP contribution < -0.4 is 4.74 Å². The molecule has 0 unspecified atom stereocenters. The summed E-state index contributed by atoms with van der Waals surface area (Å²) in [6.45, 7) is 4.07. The number of hydrogen-bond acceptors (Lipinski definition) is 5. The van der Waals surface area contributed by atoms with Crippen molar-refractivity contribution < 1.29 is 4.74 Å². The van der Waals surface area contributed by atoms with Gasteiger partial charge in [-0.3, -0.25) is 4.98 Å². The predicted octanol–water partition coefficient (Wildman–Crippen LogP) is 3.75.